The van der Waals surface area contributed by atoms with Crippen molar-refractivity contribution >= 4 is 5.91 Å². The summed E-state index contributed by atoms with van der Waals surface area (Å²) in [5.41, 5.74) is 0.675. The highest BCUT2D eigenvalue weighted by molar-refractivity contribution is 5.92. The summed E-state index contributed by atoms with van der Waals surface area (Å²) in [6.07, 6.45) is 5.28. The average Bonchev–Trinajstić information content (AvgIpc) is 2.88. The highest BCUT2D eigenvalue weighted by Crippen LogP contribution is 2.05. The van der Waals surface area contributed by atoms with Crippen LogP contribution in [0.3, 0.4) is 0 Å². The summed E-state index contributed by atoms with van der Waals surface area (Å²) in [6, 6.07) is 3.66. The van der Waals surface area contributed by atoms with Gasteiger partial charge in [0.25, 0.3) is 5.91 Å². The third-order valence-corrected chi connectivity index (χ3v) is 2.45. The smallest absolute Gasteiger partial charge is 0.270 e. The Morgan fingerprint density at radius 2 is 2.44 bits per heavy atom. The number of nitrogens with one attached hydrogen (secondary N) is 1. The molecular formula is C11H14N4O. The van der Waals surface area contributed by atoms with Gasteiger partial charge < -0.3 is 14.5 Å². The van der Waals surface area contributed by atoms with Gasteiger partial charge in [-0.25, -0.2) is 4.98 Å². The minimum atomic E-state index is -0.0103. The maximum Gasteiger partial charge on any atom is 0.270 e. The molecule has 0 atom stereocenters. The predicted molar refractivity (Wildman–Crippen MR) is 59.8 cm³/mol. The van der Waals surface area contributed by atoms with Crippen LogP contribution >= 0.6 is 0 Å². The topological polar surface area (TPSA) is 53.9 Å². The van der Waals surface area contributed by atoms with Gasteiger partial charge in [0.15, 0.2) is 0 Å². The van der Waals surface area contributed by atoms with Crippen LogP contribution in [0.1, 0.15) is 16.3 Å². The van der Waals surface area contributed by atoms with Gasteiger partial charge in [0.1, 0.15) is 11.5 Å². The fraction of sp³-hybridized carbons (Fsp3) is 0.273. The second-order valence-corrected chi connectivity index (χ2v) is 3.70. The zero-order chi connectivity index (χ0) is 11.5. The van der Waals surface area contributed by atoms with Crippen molar-refractivity contribution < 1.29 is 4.79 Å². The van der Waals surface area contributed by atoms with Crippen LogP contribution in [0.4, 0.5) is 0 Å². The van der Waals surface area contributed by atoms with Gasteiger partial charge in [0, 0.05) is 32.7 Å². The number of hydrogen-bond donors (Lipinski definition) is 1. The van der Waals surface area contributed by atoms with Gasteiger partial charge in [-0.15, -0.1) is 0 Å². The lowest BCUT2D eigenvalue weighted by molar-refractivity contribution is 0.0772. The van der Waals surface area contributed by atoms with Crippen molar-refractivity contribution in [2.75, 3.05) is 7.05 Å². The van der Waals surface area contributed by atoms with Gasteiger partial charge in [-0.2, -0.15) is 0 Å². The van der Waals surface area contributed by atoms with E-state index in [0.717, 1.165) is 5.82 Å². The first-order valence-corrected chi connectivity index (χ1v) is 5.03. The summed E-state index contributed by atoms with van der Waals surface area (Å²) in [7, 11) is 3.62. The monoisotopic (exact) mass is 218 g/mol. The Bertz CT molecular complexity index is 472. The fourth-order valence-corrected chi connectivity index (χ4v) is 1.56. The summed E-state index contributed by atoms with van der Waals surface area (Å²) in [6.45, 7) is 0.483. The Hall–Kier alpha value is -2.04. The molecule has 84 valence electrons. The van der Waals surface area contributed by atoms with Crippen LogP contribution in [0.25, 0.3) is 0 Å². The van der Waals surface area contributed by atoms with Crippen molar-refractivity contribution in [3.63, 3.8) is 0 Å². The molecule has 0 saturated carbocycles. The number of H-pyrrole nitrogens is 1. The molecule has 0 bridgehead atoms. The summed E-state index contributed by atoms with van der Waals surface area (Å²) < 4.78 is 1.81. The summed E-state index contributed by atoms with van der Waals surface area (Å²) in [5.74, 6) is 0.772. The normalized spacial score (nSPS) is 10.4. The van der Waals surface area contributed by atoms with Crippen molar-refractivity contribution in [2.24, 2.45) is 7.05 Å². The number of rotatable bonds is 3. The van der Waals surface area contributed by atoms with E-state index in [1.54, 1.807) is 35.0 Å². The van der Waals surface area contributed by atoms with Crippen LogP contribution in [0.2, 0.25) is 0 Å². The molecule has 2 heterocycles. The van der Waals surface area contributed by atoms with Crippen LogP contribution < -0.4 is 0 Å². The number of aryl methyl sites for hydroxylation is 1. The van der Waals surface area contributed by atoms with Crippen molar-refractivity contribution in [2.45, 2.75) is 6.54 Å². The van der Waals surface area contributed by atoms with Gasteiger partial charge >= 0.3 is 0 Å². The number of hydrogen-bond acceptors (Lipinski definition) is 2. The Morgan fingerprint density at radius 3 is 3.00 bits per heavy atom. The lowest BCUT2D eigenvalue weighted by Crippen LogP contribution is -2.28. The van der Waals surface area contributed by atoms with E-state index in [2.05, 4.69) is 9.97 Å². The zero-order valence-corrected chi connectivity index (χ0v) is 9.34. The summed E-state index contributed by atoms with van der Waals surface area (Å²) in [4.78, 5) is 20.7. The molecule has 2 aromatic heterocycles. The molecule has 0 aliphatic heterocycles. The lowest BCUT2D eigenvalue weighted by Gasteiger charge is -2.15. The predicted octanol–water partition coefficient (Wildman–Crippen LogP) is 1.02. The molecule has 0 saturated heterocycles. The SMILES string of the molecule is CN(Cc1ncc[nH]1)C(=O)c1cccn1C. The third-order valence-electron chi connectivity index (χ3n) is 2.45. The Kier molecular flexibility index (Phi) is 2.76. The molecule has 1 amide bonds. The standard InChI is InChI=1S/C11H14N4O/c1-14-7-3-4-9(14)11(16)15(2)8-10-12-5-6-13-10/h3-7H,8H2,1-2H3,(H,12,13). The molecule has 0 aromatic carbocycles. The first-order chi connectivity index (χ1) is 7.68. The van der Waals surface area contributed by atoms with E-state index in [1.807, 2.05) is 19.3 Å². The number of aromatic nitrogens is 3. The van der Waals surface area contributed by atoms with E-state index in [-0.39, 0.29) is 5.91 Å². The van der Waals surface area contributed by atoms with Crippen LogP contribution in [0.5, 0.6) is 0 Å². The van der Waals surface area contributed by atoms with Crippen molar-refractivity contribution in [3.8, 4) is 0 Å². The first kappa shape index (κ1) is 10.5. The van der Waals surface area contributed by atoms with Gasteiger partial charge in [-0.05, 0) is 12.1 Å². The number of carbonyl (C=O) groups is 1. The molecule has 0 aliphatic carbocycles. The van der Waals surface area contributed by atoms with E-state index in [0.29, 0.717) is 12.2 Å². The average molecular weight is 218 g/mol. The molecule has 0 aliphatic rings. The van der Waals surface area contributed by atoms with E-state index in [9.17, 15) is 4.79 Å². The van der Waals surface area contributed by atoms with E-state index < -0.39 is 0 Å². The molecule has 0 unspecified atom stereocenters. The quantitative estimate of drug-likeness (QED) is 0.836. The lowest BCUT2D eigenvalue weighted by atomic mass is 10.3. The molecule has 5 heteroatoms. The largest absolute Gasteiger partial charge is 0.347 e. The molecule has 0 fully saturated rings. The minimum absolute atomic E-state index is 0.0103. The summed E-state index contributed by atoms with van der Waals surface area (Å²) in [5, 5.41) is 0. The first-order valence-electron chi connectivity index (χ1n) is 5.03. The number of amides is 1. The number of aromatic amines is 1. The Balaban J connectivity index is 2.08. The maximum absolute atomic E-state index is 12.0. The molecular weight excluding hydrogens is 204 g/mol. The van der Waals surface area contributed by atoms with Gasteiger partial charge in [0.2, 0.25) is 0 Å². The highest BCUT2D eigenvalue weighted by atomic mass is 16.2. The summed E-state index contributed by atoms with van der Waals surface area (Å²) >= 11 is 0. The van der Waals surface area contributed by atoms with E-state index >= 15 is 0 Å². The Morgan fingerprint density at radius 1 is 1.62 bits per heavy atom. The molecule has 2 rings (SSSR count). The molecule has 5 nitrogen and oxygen atoms in total. The molecule has 16 heavy (non-hydrogen) atoms. The zero-order valence-electron chi connectivity index (χ0n) is 9.34. The second kappa shape index (κ2) is 4.22. The number of imidazole rings is 1. The minimum Gasteiger partial charge on any atom is -0.347 e. The number of carbonyl (C=O) groups excluding carboxylic acids is 1. The highest BCUT2D eigenvalue weighted by Gasteiger charge is 2.14. The molecule has 1 N–H and O–H groups in total. The van der Waals surface area contributed by atoms with Gasteiger partial charge in [0.05, 0.1) is 6.54 Å². The van der Waals surface area contributed by atoms with Crippen LogP contribution in [0.15, 0.2) is 30.7 Å². The molecule has 2 aromatic rings. The van der Waals surface area contributed by atoms with E-state index in [1.165, 1.54) is 0 Å². The van der Waals surface area contributed by atoms with Gasteiger partial charge in [-0.1, -0.05) is 0 Å². The van der Waals surface area contributed by atoms with Crippen LogP contribution in [-0.4, -0.2) is 32.4 Å². The number of nitrogens with zero attached hydrogens (tertiary/aromatic N) is 3. The maximum atomic E-state index is 12.0. The van der Waals surface area contributed by atoms with Crippen LogP contribution in [0, 0.1) is 0 Å². The second-order valence-electron chi connectivity index (χ2n) is 3.70. The molecule has 0 radical (unpaired) electrons. The van der Waals surface area contributed by atoms with Crippen molar-refractivity contribution in [1.82, 2.24) is 19.4 Å². The van der Waals surface area contributed by atoms with Crippen molar-refractivity contribution in [3.05, 3.63) is 42.2 Å². The van der Waals surface area contributed by atoms with E-state index in [4.69, 9.17) is 0 Å². The van der Waals surface area contributed by atoms with Gasteiger partial charge in [-0.3, -0.25) is 4.79 Å². The fourth-order valence-electron chi connectivity index (χ4n) is 1.56. The third kappa shape index (κ3) is 1.98. The van der Waals surface area contributed by atoms with Crippen molar-refractivity contribution in [1.29, 1.82) is 0 Å². The molecule has 0 spiro atoms. The Labute approximate surface area is 93.7 Å². The van der Waals surface area contributed by atoms with Crippen LogP contribution in [-0.2, 0) is 13.6 Å².